The molecule has 1 aliphatic heterocycles. The van der Waals surface area contributed by atoms with Crippen molar-refractivity contribution in [2.24, 2.45) is 0 Å². The molecule has 5 nitrogen and oxygen atoms in total. The summed E-state index contributed by atoms with van der Waals surface area (Å²) in [5, 5.41) is 15.8. The Morgan fingerprint density at radius 2 is 2.07 bits per heavy atom. The molecule has 1 rings (SSSR count). The highest BCUT2D eigenvalue weighted by atomic mass is 16.4. The van der Waals surface area contributed by atoms with Gasteiger partial charge in [-0.1, -0.05) is 6.92 Å². The molecule has 0 fully saturated rings. The number of carboxylic acids is 1. The fraction of sp³-hybridized carbons (Fsp3) is 0.700. The van der Waals surface area contributed by atoms with Gasteiger partial charge in [0.05, 0.1) is 6.67 Å². The fourth-order valence-electron chi connectivity index (χ4n) is 1.02. The molecule has 1 heterocycles. The van der Waals surface area contributed by atoms with Crippen molar-refractivity contribution in [2.45, 2.75) is 26.4 Å². The molecule has 0 spiro atoms. The molecule has 0 aromatic carbocycles. The van der Waals surface area contributed by atoms with Gasteiger partial charge in [0, 0.05) is 26.0 Å². The number of hydrogen-bond donors (Lipinski definition) is 2. The Balaban J connectivity index is 0.000000288. The highest BCUT2D eigenvalue weighted by molar-refractivity contribution is 5.71. The number of carboxylic acid groups (broad SMARTS) is 1. The number of aliphatic hydroxyl groups excluding tert-OH is 1. The maximum atomic E-state index is 9.45. The van der Waals surface area contributed by atoms with Crippen molar-refractivity contribution >= 4 is 5.97 Å². The normalized spacial score (nSPS) is 16.0. The van der Waals surface area contributed by atoms with Crippen molar-refractivity contribution in [3.05, 3.63) is 12.4 Å². The molecule has 0 aliphatic carbocycles. The largest absolute Gasteiger partial charge is 0.479 e. The lowest BCUT2D eigenvalue weighted by atomic mass is 10.4. The minimum absolute atomic E-state index is 1.06. The van der Waals surface area contributed by atoms with Gasteiger partial charge in [0.15, 0.2) is 0 Å². The Kier molecular flexibility index (Phi) is 6.53. The van der Waals surface area contributed by atoms with E-state index < -0.39 is 12.1 Å². The number of hydrogen-bond acceptors (Lipinski definition) is 4. The van der Waals surface area contributed by atoms with Crippen molar-refractivity contribution in [1.29, 1.82) is 0 Å². The monoisotopic (exact) mass is 216 g/mol. The van der Waals surface area contributed by atoms with Crippen molar-refractivity contribution in [2.75, 3.05) is 20.3 Å². The Morgan fingerprint density at radius 1 is 1.53 bits per heavy atom. The van der Waals surface area contributed by atoms with Gasteiger partial charge in [0.25, 0.3) is 0 Å². The highest BCUT2D eigenvalue weighted by Gasteiger charge is 2.04. The summed E-state index contributed by atoms with van der Waals surface area (Å²) in [4.78, 5) is 13.9. The molecule has 0 radical (unpaired) electrons. The molecule has 0 saturated carbocycles. The third-order valence-corrected chi connectivity index (χ3v) is 1.80. The van der Waals surface area contributed by atoms with Gasteiger partial charge in [-0.05, 0) is 13.3 Å². The Labute approximate surface area is 90.6 Å². The first-order valence-corrected chi connectivity index (χ1v) is 5.00. The molecule has 5 heteroatoms. The van der Waals surface area contributed by atoms with Gasteiger partial charge in [-0.2, -0.15) is 0 Å². The molecule has 0 amide bonds. The van der Waals surface area contributed by atoms with Crippen LogP contribution in [0.15, 0.2) is 12.4 Å². The van der Waals surface area contributed by atoms with Crippen LogP contribution in [-0.2, 0) is 4.79 Å². The van der Waals surface area contributed by atoms with Gasteiger partial charge in [-0.3, -0.25) is 0 Å². The van der Waals surface area contributed by atoms with Crippen LogP contribution in [0.5, 0.6) is 0 Å². The predicted molar refractivity (Wildman–Crippen MR) is 58.1 cm³/mol. The standard InChI is InChI=1S/C7H14N2.C3H6O3/c1-3-4-9-6-5-8(2)7-9;1-2(4)3(5)6/h5-6H,3-4,7H2,1-2H3;2,4H,1H3,(H,5,6). The molecule has 0 saturated heterocycles. The predicted octanol–water partition coefficient (Wildman–Crippen LogP) is 0.524. The van der Waals surface area contributed by atoms with E-state index in [9.17, 15) is 4.79 Å². The first-order chi connectivity index (χ1) is 6.97. The summed E-state index contributed by atoms with van der Waals surface area (Å²) in [5.74, 6) is -1.19. The number of rotatable bonds is 3. The first kappa shape index (κ1) is 13.8. The van der Waals surface area contributed by atoms with Gasteiger partial charge in [-0.25, -0.2) is 4.79 Å². The zero-order valence-electron chi connectivity index (χ0n) is 9.55. The van der Waals surface area contributed by atoms with Gasteiger partial charge in [0.1, 0.15) is 6.10 Å². The Bertz CT molecular complexity index is 217. The molecular formula is C10H20N2O3. The highest BCUT2D eigenvalue weighted by Crippen LogP contribution is 2.02. The zero-order valence-corrected chi connectivity index (χ0v) is 9.55. The third kappa shape index (κ3) is 6.79. The summed E-state index contributed by atoms with van der Waals surface area (Å²) in [6.45, 7) is 5.64. The van der Waals surface area contributed by atoms with Crippen LogP contribution in [0.25, 0.3) is 0 Å². The minimum atomic E-state index is -1.23. The van der Waals surface area contributed by atoms with Crippen molar-refractivity contribution in [3.8, 4) is 0 Å². The van der Waals surface area contributed by atoms with E-state index in [2.05, 4.69) is 36.2 Å². The first-order valence-electron chi connectivity index (χ1n) is 5.00. The number of aliphatic carboxylic acids is 1. The summed E-state index contributed by atoms with van der Waals surface area (Å²) in [7, 11) is 2.09. The Hall–Kier alpha value is -1.23. The second kappa shape index (κ2) is 7.11. The summed E-state index contributed by atoms with van der Waals surface area (Å²) < 4.78 is 0. The molecule has 88 valence electrons. The van der Waals surface area contributed by atoms with Crippen LogP contribution in [0.1, 0.15) is 20.3 Å². The van der Waals surface area contributed by atoms with E-state index in [0.29, 0.717) is 0 Å². The number of aliphatic hydroxyl groups is 1. The second-order valence-electron chi connectivity index (χ2n) is 3.52. The van der Waals surface area contributed by atoms with E-state index in [1.807, 2.05) is 0 Å². The minimum Gasteiger partial charge on any atom is -0.479 e. The number of carbonyl (C=O) groups is 1. The molecule has 1 aliphatic rings. The van der Waals surface area contributed by atoms with Crippen LogP contribution in [-0.4, -0.2) is 52.3 Å². The van der Waals surface area contributed by atoms with Gasteiger partial charge in [-0.15, -0.1) is 0 Å². The molecule has 1 atom stereocenters. The van der Waals surface area contributed by atoms with E-state index in [-0.39, 0.29) is 0 Å². The van der Waals surface area contributed by atoms with Crippen molar-refractivity contribution in [1.82, 2.24) is 9.80 Å². The van der Waals surface area contributed by atoms with Crippen LogP contribution in [0.2, 0.25) is 0 Å². The van der Waals surface area contributed by atoms with Crippen molar-refractivity contribution in [3.63, 3.8) is 0 Å². The topological polar surface area (TPSA) is 64.0 Å². The lowest BCUT2D eigenvalue weighted by molar-refractivity contribution is -0.145. The summed E-state index contributed by atoms with van der Waals surface area (Å²) >= 11 is 0. The van der Waals surface area contributed by atoms with Crippen LogP contribution < -0.4 is 0 Å². The van der Waals surface area contributed by atoms with Crippen LogP contribution in [0, 0.1) is 0 Å². The lowest BCUT2D eigenvalue weighted by Gasteiger charge is -2.16. The molecule has 15 heavy (non-hydrogen) atoms. The van der Waals surface area contributed by atoms with Crippen molar-refractivity contribution < 1.29 is 15.0 Å². The van der Waals surface area contributed by atoms with E-state index in [4.69, 9.17) is 10.2 Å². The van der Waals surface area contributed by atoms with E-state index in [0.717, 1.165) is 6.67 Å². The quantitative estimate of drug-likeness (QED) is 0.720. The zero-order chi connectivity index (χ0) is 11.8. The van der Waals surface area contributed by atoms with Crippen LogP contribution >= 0.6 is 0 Å². The SMILES string of the molecule is CC(O)C(=O)O.CCCN1C=CN(C)C1. The van der Waals surface area contributed by atoms with Gasteiger partial charge < -0.3 is 20.0 Å². The fourth-order valence-corrected chi connectivity index (χ4v) is 1.02. The van der Waals surface area contributed by atoms with Gasteiger partial charge >= 0.3 is 5.97 Å². The average Bonchev–Trinajstić information content (AvgIpc) is 2.53. The molecule has 1 unspecified atom stereocenters. The smallest absolute Gasteiger partial charge is 0.332 e. The molecular weight excluding hydrogens is 196 g/mol. The maximum absolute atomic E-state index is 9.45. The summed E-state index contributed by atoms with van der Waals surface area (Å²) in [6, 6.07) is 0. The molecule has 0 aromatic heterocycles. The Morgan fingerprint density at radius 3 is 2.33 bits per heavy atom. The number of nitrogens with zero attached hydrogens (tertiary/aromatic N) is 2. The third-order valence-electron chi connectivity index (χ3n) is 1.80. The lowest BCUT2D eigenvalue weighted by Crippen LogP contribution is -2.22. The van der Waals surface area contributed by atoms with E-state index >= 15 is 0 Å². The molecule has 0 bridgehead atoms. The second-order valence-corrected chi connectivity index (χ2v) is 3.52. The maximum Gasteiger partial charge on any atom is 0.332 e. The van der Waals surface area contributed by atoms with Gasteiger partial charge in [0.2, 0.25) is 0 Å². The summed E-state index contributed by atoms with van der Waals surface area (Å²) in [5.41, 5.74) is 0. The molecule has 0 aromatic rings. The average molecular weight is 216 g/mol. The van der Waals surface area contributed by atoms with Crippen LogP contribution in [0.3, 0.4) is 0 Å². The van der Waals surface area contributed by atoms with E-state index in [1.54, 1.807) is 0 Å². The summed E-state index contributed by atoms with van der Waals surface area (Å²) in [6.07, 6.45) is 4.25. The molecule has 2 N–H and O–H groups in total. The van der Waals surface area contributed by atoms with Crippen LogP contribution in [0.4, 0.5) is 0 Å². The van der Waals surface area contributed by atoms with E-state index in [1.165, 1.54) is 19.9 Å².